The van der Waals surface area contributed by atoms with Gasteiger partial charge in [0.25, 0.3) is 5.24 Å². The van der Waals surface area contributed by atoms with Gasteiger partial charge in [-0.2, -0.15) is 0 Å². The smallest absolute Gasteiger partial charge is 0.286 e. The molecule has 2 aromatic carbocycles. The molecule has 0 aliphatic carbocycles. The Morgan fingerprint density at radius 3 is 2.96 bits per heavy atom. The lowest BCUT2D eigenvalue weighted by Crippen LogP contribution is -2.28. The predicted octanol–water partition coefficient (Wildman–Crippen LogP) is 4.58. The highest BCUT2D eigenvalue weighted by Gasteiger charge is 2.24. The number of nitrogens with zero attached hydrogens (tertiary/aromatic N) is 1. The number of benzene rings is 2. The van der Waals surface area contributed by atoms with E-state index in [1.807, 2.05) is 7.05 Å². The van der Waals surface area contributed by atoms with Gasteiger partial charge in [0.15, 0.2) is 0 Å². The summed E-state index contributed by atoms with van der Waals surface area (Å²) in [6.45, 7) is 2.80. The van der Waals surface area contributed by atoms with Crippen molar-refractivity contribution in [3.63, 3.8) is 0 Å². The third-order valence-corrected chi connectivity index (χ3v) is 6.61. The van der Waals surface area contributed by atoms with Gasteiger partial charge in [0.2, 0.25) is 0 Å². The minimum absolute atomic E-state index is 0.0896. The van der Waals surface area contributed by atoms with E-state index in [1.54, 1.807) is 12.0 Å². The van der Waals surface area contributed by atoms with Crippen LogP contribution in [-0.2, 0) is 12.3 Å². The van der Waals surface area contributed by atoms with E-state index in [0.29, 0.717) is 18.2 Å². The summed E-state index contributed by atoms with van der Waals surface area (Å²) < 4.78 is 5.65. The molecule has 0 bridgehead atoms. The minimum atomic E-state index is 0.0896. The second-order valence-electron chi connectivity index (χ2n) is 7.39. The summed E-state index contributed by atoms with van der Waals surface area (Å²) in [5.74, 6) is 2.11. The number of amides is 1. The summed E-state index contributed by atoms with van der Waals surface area (Å²) >= 11 is 1.33. The maximum Gasteiger partial charge on any atom is 0.286 e. The Morgan fingerprint density at radius 1 is 1.32 bits per heavy atom. The van der Waals surface area contributed by atoms with E-state index >= 15 is 0 Å². The molecule has 1 fully saturated rings. The maximum atomic E-state index is 12.1. The lowest BCUT2D eigenvalue weighted by Gasteiger charge is -2.27. The van der Waals surface area contributed by atoms with E-state index in [2.05, 4.69) is 47.0 Å². The number of rotatable bonds is 5. The average molecular weight is 398 g/mol. The van der Waals surface area contributed by atoms with Crippen LogP contribution in [0.15, 0.2) is 36.4 Å². The van der Waals surface area contributed by atoms with Crippen molar-refractivity contribution in [3.8, 4) is 5.75 Å². The molecular weight excluding hydrogens is 370 g/mol. The van der Waals surface area contributed by atoms with Gasteiger partial charge in [-0.1, -0.05) is 30.0 Å². The van der Waals surface area contributed by atoms with Crippen LogP contribution in [0, 0.1) is 0 Å². The molecule has 1 amide bonds. The first-order valence-electron chi connectivity index (χ1n) is 9.81. The number of hydrogen-bond donors (Lipinski definition) is 2. The van der Waals surface area contributed by atoms with Gasteiger partial charge in [-0.15, -0.1) is 0 Å². The molecule has 6 heteroatoms. The first-order valence-corrected chi connectivity index (χ1v) is 10.8. The van der Waals surface area contributed by atoms with Gasteiger partial charge in [-0.3, -0.25) is 4.79 Å². The van der Waals surface area contributed by atoms with Crippen molar-refractivity contribution in [1.29, 1.82) is 0 Å². The number of piperidine rings is 1. The first kappa shape index (κ1) is 19.2. The second-order valence-corrected chi connectivity index (χ2v) is 8.32. The molecule has 0 unspecified atom stereocenters. The number of hydrogen-bond acceptors (Lipinski definition) is 5. The Balaban J connectivity index is 1.58. The Hall–Kier alpha value is -2.18. The number of anilines is 2. The van der Waals surface area contributed by atoms with Gasteiger partial charge in [0.1, 0.15) is 5.75 Å². The van der Waals surface area contributed by atoms with Gasteiger partial charge >= 0.3 is 0 Å². The van der Waals surface area contributed by atoms with E-state index in [1.165, 1.54) is 35.9 Å². The lowest BCUT2D eigenvalue weighted by atomic mass is 9.90. The van der Waals surface area contributed by atoms with Crippen LogP contribution in [0.25, 0.3) is 0 Å². The van der Waals surface area contributed by atoms with Crippen molar-refractivity contribution < 1.29 is 9.53 Å². The molecule has 0 radical (unpaired) electrons. The second kappa shape index (κ2) is 8.45. The number of fused-ring (bicyclic) bond motifs is 1. The Morgan fingerprint density at radius 2 is 2.18 bits per heavy atom. The van der Waals surface area contributed by atoms with E-state index in [9.17, 15) is 4.79 Å². The van der Waals surface area contributed by atoms with Crippen molar-refractivity contribution >= 4 is 28.4 Å². The number of carbonyl (C=O) groups is 1. The summed E-state index contributed by atoms with van der Waals surface area (Å²) in [7, 11) is 3.54. The van der Waals surface area contributed by atoms with Crippen LogP contribution in [-0.4, -0.2) is 32.5 Å². The highest BCUT2D eigenvalue weighted by molar-refractivity contribution is 8.13. The lowest BCUT2D eigenvalue weighted by molar-refractivity contribution is 0.266. The Kier molecular flexibility index (Phi) is 5.78. The number of thioether (sulfide) groups is 1. The summed E-state index contributed by atoms with van der Waals surface area (Å²) in [5, 5.41) is 7.22. The molecule has 0 aromatic heterocycles. The standard InChI is InChI=1S/C22H27N3O2S/c1-25-20-10-16(21(27-2)11-17(20)14-28-22(25)26)13-24-19-8-4-3-7-18(19)15-6-5-9-23-12-15/h3-4,7-8,10-11,15,23-24H,5-6,9,12-14H2,1-2H3/t15-/m1/s1. The fourth-order valence-electron chi connectivity index (χ4n) is 4.07. The minimum Gasteiger partial charge on any atom is -0.496 e. The number of para-hydroxylation sites is 1. The third kappa shape index (κ3) is 3.84. The molecule has 1 atom stereocenters. The summed E-state index contributed by atoms with van der Waals surface area (Å²) in [6, 6.07) is 12.7. The van der Waals surface area contributed by atoms with Crippen molar-refractivity contribution in [2.45, 2.75) is 31.1 Å². The van der Waals surface area contributed by atoms with Crippen molar-refractivity contribution in [2.24, 2.45) is 0 Å². The zero-order valence-electron chi connectivity index (χ0n) is 16.5. The van der Waals surface area contributed by atoms with E-state index < -0.39 is 0 Å². The third-order valence-electron chi connectivity index (χ3n) is 5.63. The van der Waals surface area contributed by atoms with Crippen molar-refractivity contribution in [1.82, 2.24) is 5.32 Å². The first-order chi connectivity index (χ1) is 13.7. The van der Waals surface area contributed by atoms with Gasteiger partial charge in [-0.25, -0.2) is 0 Å². The highest BCUT2D eigenvalue weighted by Crippen LogP contribution is 2.37. The van der Waals surface area contributed by atoms with Crippen LogP contribution in [0.5, 0.6) is 5.75 Å². The maximum absolute atomic E-state index is 12.1. The van der Waals surface area contributed by atoms with Gasteiger partial charge in [-0.05, 0) is 54.6 Å². The molecule has 5 nitrogen and oxygen atoms in total. The molecule has 2 N–H and O–H groups in total. The van der Waals surface area contributed by atoms with Crippen LogP contribution in [0.4, 0.5) is 16.2 Å². The Bertz CT molecular complexity index is 865. The van der Waals surface area contributed by atoms with Crippen LogP contribution < -0.4 is 20.3 Å². The van der Waals surface area contributed by atoms with Gasteiger partial charge < -0.3 is 20.3 Å². The Labute approximate surface area is 170 Å². The molecular formula is C22H27N3O2S. The van der Waals surface area contributed by atoms with Crippen LogP contribution >= 0.6 is 11.8 Å². The number of carbonyl (C=O) groups excluding carboxylic acids is 1. The normalized spacial score (nSPS) is 19.3. The molecule has 148 valence electrons. The largest absolute Gasteiger partial charge is 0.496 e. The van der Waals surface area contributed by atoms with Crippen LogP contribution in [0.1, 0.15) is 35.4 Å². The van der Waals surface area contributed by atoms with E-state index in [0.717, 1.165) is 35.7 Å². The van der Waals surface area contributed by atoms with Gasteiger partial charge in [0.05, 0.1) is 7.11 Å². The zero-order chi connectivity index (χ0) is 19.5. The zero-order valence-corrected chi connectivity index (χ0v) is 17.3. The number of nitrogens with one attached hydrogen (secondary N) is 2. The number of methoxy groups -OCH3 is 1. The topological polar surface area (TPSA) is 53.6 Å². The monoisotopic (exact) mass is 397 g/mol. The molecule has 2 heterocycles. The van der Waals surface area contributed by atoms with Crippen molar-refractivity contribution in [3.05, 3.63) is 53.1 Å². The molecule has 2 aromatic rings. The van der Waals surface area contributed by atoms with Crippen molar-refractivity contribution in [2.75, 3.05) is 37.5 Å². The van der Waals surface area contributed by atoms with Crippen LogP contribution in [0.3, 0.4) is 0 Å². The predicted molar refractivity (Wildman–Crippen MR) is 117 cm³/mol. The number of ether oxygens (including phenoxy) is 1. The molecule has 1 saturated heterocycles. The summed E-state index contributed by atoms with van der Waals surface area (Å²) in [4.78, 5) is 13.8. The fraction of sp³-hybridized carbons (Fsp3) is 0.409. The quantitative estimate of drug-likeness (QED) is 0.774. The molecule has 0 spiro atoms. The van der Waals surface area contributed by atoms with E-state index in [4.69, 9.17) is 4.74 Å². The van der Waals surface area contributed by atoms with Crippen LogP contribution in [0.2, 0.25) is 0 Å². The molecule has 28 heavy (non-hydrogen) atoms. The fourth-order valence-corrected chi connectivity index (χ4v) is 4.87. The average Bonchev–Trinajstić information content (AvgIpc) is 2.75. The summed E-state index contributed by atoms with van der Waals surface area (Å²) in [6.07, 6.45) is 2.44. The highest BCUT2D eigenvalue weighted by atomic mass is 32.2. The van der Waals surface area contributed by atoms with E-state index in [-0.39, 0.29) is 5.24 Å². The SMILES string of the molecule is COc1cc2c(cc1CNc1ccccc1[C@@H]1CCCNC1)N(C)C(=O)SC2. The van der Waals surface area contributed by atoms with Gasteiger partial charge in [0, 0.05) is 42.8 Å². The summed E-state index contributed by atoms with van der Waals surface area (Å²) in [5.41, 5.74) is 5.73. The molecule has 2 aliphatic rings. The molecule has 0 saturated carbocycles. The molecule has 4 rings (SSSR count). The molecule has 2 aliphatic heterocycles.